The zero-order chi connectivity index (χ0) is 21.3. The lowest BCUT2D eigenvalue weighted by atomic mass is 9.91. The normalized spacial score (nSPS) is 19.8. The van der Waals surface area contributed by atoms with E-state index in [1.165, 1.54) is 0 Å². The molecule has 6 nitrogen and oxygen atoms in total. The Morgan fingerprint density at radius 1 is 1.03 bits per heavy atom. The van der Waals surface area contributed by atoms with Crippen LogP contribution in [0.1, 0.15) is 18.1 Å². The SMILES string of the molecule is Cc1ccc([C@]2(C)NC(=O)N(C[C@@H](O)COc3cccc4ccccc34)C2=O)cc1. The first kappa shape index (κ1) is 19.9. The predicted molar refractivity (Wildman–Crippen MR) is 114 cm³/mol. The van der Waals surface area contributed by atoms with Crippen LogP contribution in [-0.4, -0.2) is 41.2 Å². The molecule has 1 aliphatic rings. The van der Waals surface area contributed by atoms with E-state index in [2.05, 4.69) is 5.32 Å². The molecular formula is C24H24N2O4. The lowest BCUT2D eigenvalue weighted by molar-refractivity contribution is -0.132. The minimum absolute atomic E-state index is 0.0354. The molecule has 1 aliphatic heterocycles. The van der Waals surface area contributed by atoms with Crippen molar-refractivity contribution in [3.63, 3.8) is 0 Å². The van der Waals surface area contributed by atoms with Crippen molar-refractivity contribution in [3.8, 4) is 5.75 Å². The molecule has 1 saturated heterocycles. The second-order valence-electron chi connectivity index (χ2n) is 7.78. The summed E-state index contributed by atoms with van der Waals surface area (Å²) in [4.78, 5) is 26.5. The highest BCUT2D eigenvalue weighted by molar-refractivity contribution is 6.07. The quantitative estimate of drug-likeness (QED) is 0.618. The second-order valence-corrected chi connectivity index (χ2v) is 7.78. The number of amides is 3. The lowest BCUT2D eigenvalue weighted by Crippen LogP contribution is -2.42. The first-order chi connectivity index (χ1) is 14.4. The van der Waals surface area contributed by atoms with Gasteiger partial charge in [0.25, 0.3) is 5.91 Å². The Bertz CT molecular complexity index is 1090. The molecule has 3 amide bonds. The van der Waals surface area contributed by atoms with Gasteiger partial charge in [-0.15, -0.1) is 0 Å². The fourth-order valence-corrected chi connectivity index (χ4v) is 3.72. The van der Waals surface area contributed by atoms with E-state index < -0.39 is 17.7 Å². The first-order valence-electron chi connectivity index (χ1n) is 9.88. The number of nitrogens with zero attached hydrogens (tertiary/aromatic N) is 1. The number of ether oxygens (including phenoxy) is 1. The molecule has 0 radical (unpaired) electrons. The zero-order valence-electron chi connectivity index (χ0n) is 17.0. The van der Waals surface area contributed by atoms with E-state index >= 15 is 0 Å². The summed E-state index contributed by atoms with van der Waals surface area (Å²) in [7, 11) is 0. The number of rotatable bonds is 6. The Labute approximate surface area is 175 Å². The van der Waals surface area contributed by atoms with E-state index in [1.807, 2.05) is 73.7 Å². The number of fused-ring (bicyclic) bond motifs is 1. The van der Waals surface area contributed by atoms with Crippen LogP contribution in [0.15, 0.2) is 66.7 Å². The summed E-state index contributed by atoms with van der Waals surface area (Å²) in [6.07, 6.45) is -1.01. The van der Waals surface area contributed by atoms with Crippen LogP contribution >= 0.6 is 0 Å². The number of benzene rings is 3. The highest BCUT2D eigenvalue weighted by Gasteiger charge is 2.49. The van der Waals surface area contributed by atoms with Crippen LogP contribution in [0, 0.1) is 6.92 Å². The van der Waals surface area contributed by atoms with Crippen LogP contribution in [0.5, 0.6) is 5.75 Å². The maximum Gasteiger partial charge on any atom is 0.325 e. The smallest absolute Gasteiger partial charge is 0.325 e. The van der Waals surface area contributed by atoms with Crippen molar-refractivity contribution in [1.82, 2.24) is 10.2 Å². The molecule has 0 aliphatic carbocycles. The molecule has 0 spiro atoms. The third-order valence-corrected chi connectivity index (χ3v) is 5.48. The van der Waals surface area contributed by atoms with E-state index in [0.717, 1.165) is 21.2 Å². The summed E-state index contributed by atoms with van der Waals surface area (Å²) in [6.45, 7) is 3.46. The van der Waals surface area contributed by atoms with Gasteiger partial charge in [0.1, 0.15) is 24.0 Å². The van der Waals surface area contributed by atoms with Gasteiger partial charge in [-0.1, -0.05) is 66.2 Å². The molecule has 2 atom stereocenters. The molecule has 1 heterocycles. The second kappa shape index (κ2) is 7.80. The topological polar surface area (TPSA) is 78.9 Å². The number of hydrogen-bond donors (Lipinski definition) is 2. The number of β-amino-alcohol motifs (C(OH)–C–C–N with tert-alkyl or cyclic N) is 1. The molecule has 0 aromatic heterocycles. The zero-order valence-corrected chi connectivity index (χ0v) is 17.0. The Morgan fingerprint density at radius 3 is 2.50 bits per heavy atom. The van der Waals surface area contributed by atoms with Crippen molar-refractivity contribution in [2.75, 3.05) is 13.2 Å². The number of hydrogen-bond acceptors (Lipinski definition) is 4. The molecule has 0 saturated carbocycles. The molecule has 4 rings (SSSR count). The van der Waals surface area contributed by atoms with Crippen LogP contribution in [-0.2, 0) is 10.3 Å². The van der Waals surface area contributed by atoms with Crippen LogP contribution in [0.4, 0.5) is 4.79 Å². The molecule has 154 valence electrons. The Morgan fingerprint density at radius 2 is 1.73 bits per heavy atom. The van der Waals surface area contributed by atoms with E-state index in [9.17, 15) is 14.7 Å². The van der Waals surface area contributed by atoms with E-state index in [4.69, 9.17) is 4.74 Å². The molecule has 6 heteroatoms. The minimum atomic E-state index is -1.15. The molecule has 2 N–H and O–H groups in total. The minimum Gasteiger partial charge on any atom is -0.490 e. The highest BCUT2D eigenvalue weighted by Crippen LogP contribution is 2.29. The van der Waals surface area contributed by atoms with Gasteiger partial charge >= 0.3 is 6.03 Å². The van der Waals surface area contributed by atoms with Gasteiger partial charge in [0.2, 0.25) is 0 Å². The van der Waals surface area contributed by atoms with Crippen molar-refractivity contribution in [2.45, 2.75) is 25.5 Å². The fourth-order valence-electron chi connectivity index (χ4n) is 3.72. The largest absolute Gasteiger partial charge is 0.490 e. The summed E-state index contributed by atoms with van der Waals surface area (Å²) >= 11 is 0. The molecule has 3 aromatic rings. The van der Waals surface area contributed by atoms with Gasteiger partial charge in [0, 0.05) is 5.39 Å². The number of carbonyl (C=O) groups excluding carboxylic acids is 2. The van der Waals surface area contributed by atoms with Crippen LogP contribution < -0.4 is 10.1 Å². The Kier molecular flexibility index (Phi) is 5.18. The van der Waals surface area contributed by atoms with Crippen molar-refractivity contribution in [2.24, 2.45) is 0 Å². The highest BCUT2D eigenvalue weighted by atomic mass is 16.5. The van der Waals surface area contributed by atoms with Gasteiger partial charge in [-0.3, -0.25) is 9.69 Å². The molecule has 1 fully saturated rings. The average molecular weight is 404 g/mol. The van der Waals surface area contributed by atoms with Crippen molar-refractivity contribution >= 4 is 22.7 Å². The van der Waals surface area contributed by atoms with Crippen molar-refractivity contribution < 1.29 is 19.4 Å². The van der Waals surface area contributed by atoms with Gasteiger partial charge in [-0.05, 0) is 30.9 Å². The van der Waals surface area contributed by atoms with Gasteiger partial charge < -0.3 is 15.2 Å². The number of aliphatic hydroxyl groups is 1. The third kappa shape index (κ3) is 3.62. The molecule has 0 bridgehead atoms. The van der Waals surface area contributed by atoms with Crippen molar-refractivity contribution in [3.05, 3.63) is 77.9 Å². The molecule has 0 unspecified atom stereocenters. The van der Waals surface area contributed by atoms with Gasteiger partial charge in [-0.2, -0.15) is 0 Å². The monoisotopic (exact) mass is 404 g/mol. The number of aryl methyl sites for hydroxylation is 1. The standard InChI is InChI=1S/C24H24N2O4/c1-16-10-12-18(13-11-16)24(2)22(28)26(23(29)25-24)14-19(27)15-30-21-9-5-7-17-6-3-4-8-20(17)21/h3-13,19,27H,14-15H2,1-2H3,(H,25,29)/t19-,24+/m1/s1. The third-order valence-electron chi connectivity index (χ3n) is 5.48. The number of nitrogens with one attached hydrogen (secondary N) is 1. The fraction of sp³-hybridized carbons (Fsp3) is 0.250. The summed E-state index contributed by atoms with van der Waals surface area (Å²) in [5, 5.41) is 15.2. The molecule has 3 aromatic carbocycles. The van der Waals surface area contributed by atoms with E-state index in [-0.39, 0.29) is 19.1 Å². The Hall–Kier alpha value is -3.38. The number of aliphatic hydroxyl groups excluding tert-OH is 1. The summed E-state index contributed by atoms with van der Waals surface area (Å²) < 4.78 is 5.79. The van der Waals surface area contributed by atoms with Crippen LogP contribution in [0.2, 0.25) is 0 Å². The molecular weight excluding hydrogens is 380 g/mol. The van der Waals surface area contributed by atoms with E-state index in [1.54, 1.807) is 6.92 Å². The Balaban J connectivity index is 1.44. The summed E-state index contributed by atoms with van der Waals surface area (Å²) in [5.41, 5.74) is 0.619. The van der Waals surface area contributed by atoms with E-state index in [0.29, 0.717) is 11.3 Å². The number of carbonyl (C=O) groups is 2. The first-order valence-corrected chi connectivity index (χ1v) is 9.88. The van der Waals surface area contributed by atoms with Crippen molar-refractivity contribution in [1.29, 1.82) is 0 Å². The predicted octanol–water partition coefficient (Wildman–Crippen LogP) is 3.36. The van der Waals surface area contributed by atoms with Gasteiger partial charge in [0.05, 0.1) is 6.54 Å². The number of urea groups is 1. The summed E-state index contributed by atoms with van der Waals surface area (Å²) in [6, 6.07) is 20.4. The van der Waals surface area contributed by atoms with Gasteiger partial charge in [0.15, 0.2) is 0 Å². The number of imide groups is 1. The van der Waals surface area contributed by atoms with Gasteiger partial charge in [-0.25, -0.2) is 4.79 Å². The van der Waals surface area contributed by atoms with Crippen LogP contribution in [0.25, 0.3) is 10.8 Å². The maximum atomic E-state index is 13.0. The summed E-state index contributed by atoms with van der Waals surface area (Å²) in [5.74, 6) is 0.259. The molecule has 30 heavy (non-hydrogen) atoms. The maximum absolute atomic E-state index is 13.0. The lowest BCUT2D eigenvalue weighted by Gasteiger charge is -2.23. The average Bonchev–Trinajstić information content (AvgIpc) is 2.96. The van der Waals surface area contributed by atoms with Crippen LogP contribution in [0.3, 0.4) is 0 Å².